The molecule has 0 radical (unpaired) electrons. The zero-order chi connectivity index (χ0) is 30.1. The van der Waals surface area contributed by atoms with E-state index < -0.39 is 10.1 Å². The highest BCUT2D eigenvalue weighted by Crippen LogP contribution is 2.29. The Balaban J connectivity index is 1.19. The van der Waals surface area contributed by atoms with Gasteiger partial charge in [0.05, 0.1) is 43.7 Å². The number of methoxy groups -OCH3 is 1. The fourth-order valence-electron chi connectivity index (χ4n) is 4.28. The van der Waals surface area contributed by atoms with Crippen molar-refractivity contribution in [2.24, 2.45) is 0 Å². The first-order valence-corrected chi connectivity index (χ1v) is 15.2. The zero-order valence-corrected chi connectivity index (χ0v) is 25.4. The van der Waals surface area contributed by atoms with Crippen molar-refractivity contribution in [3.63, 3.8) is 0 Å². The van der Waals surface area contributed by atoms with E-state index in [1.807, 2.05) is 11.8 Å². The molecule has 1 aromatic heterocycles. The van der Waals surface area contributed by atoms with Crippen LogP contribution in [0.15, 0.2) is 53.6 Å². The van der Waals surface area contributed by atoms with Gasteiger partial charge in [-0.15, -0.1) is 0 Å². The Morgan fingerprint density at radius 1 is 1.05 bits per heavy atom. The first-order chi connectivity index (χ1) is 20.2. The van der Waals surface area contributed by atoms with Gasteiger partial charge in [0.15, 0.2) is 0 Å². The summed E-state index contributed by atoms with van der Waals surface area (Å²) in [5.41, 5.74) is 2.10. The average molecular weight is 619 g/mol. The van der Waals surface area contributed by atoms with Crippen molar-refractivity contribution in [2.75, 3.05) is 77.3 Å². The van der Waals surface area contributed by atoms with Crippen LogP contribution in [0.2, 0.25) is 5.02 Å². The summed E-state index contributed by atoms with van der Waals surface area (Å²) in [6.45, 7) is 5.64. The second-order valence-electron chi connectivity index (χ2n) is 9.52. The van der Waals surface area contributed by atoms with Crippen LogP contribution in [-0.4, -0.2) is 101 Å². The number of nitrogens with one attached hydrogen (secondary N) is 2. The van der Waals surface area contributed by atoms with Crippen molar-refractivity contribution in [1.29, 1.82) is 0 Å². The summed E-state index contributed by atoms with van der Waals surface area (Å²) in [6, 6.07) is 11.7. The number of rotatable bonds is 13. The van der Waals surface area contributed by atoms with Gasteiger partial charge in [0.2, 0.25) is 5.95 Å². The number of carbonyl (C=O) groups excluding carboxylic acids is 1. The number of halogens is 1. The number of carbonyl (C=O) groups is 1. The maximum Gasteiger partial charge on any atom is 0.297 e. The van der Waals surface area contributed by atoms with Crippen molar-refractivity contribution < 1.29 is 26.9 Å². The van der Waals surface area contributed by atoms with E-state index in [0.29, 0.717) is 73.1 Å². The molecule has 1 aliphatic heterocycles. The average Bonchev–Trinajstić information content (AvgIpc) is 3.00. The number of aryl methyl sites for hydroxylation is 1. The highest BCUT2D eigenvalue weighted by atomic mass is 35.5. The lowest BCUT2D eigenvalue weighted by molar-refractivity contribution is 0.0508. The fourth-order valence-corrected chi connectivity index (χ4v) is 5.36. The molecule has 226 valence electrons. The van der Waals surface area contributed by atoms with Crippen LogP contribution in [0.3, 0.4) is 0 Å². The number of piperazine rings is 1. The number of aromatic nitrogens is 2. The van der Waals surface area contributed by atoms with Gasteiger partial charge in [0, 0.05) is 45.3 Å². The van der Waals surface area contributed by atoms with Gasteiger partial charge in [0.1, 0.15) is 16.6 Å². The summed E-state index contributed by atoms with van der Waals surface area (Å²) < 4.78 is 40.6. The number of benzene rings is 2. The van der Waals surface area contributed by atoms with Crippen molar-refractivity contribution in [3.8, 4) is 5.75 Å². The minimum absolute atomic E-state index is 0.0556. The van der Waals surface area contributed by atoms with Gasteiger partial charge in [-0.3, -0.25) is 13.9 Å². The van der Waals surface area contributed by atoms with Crippen molar-refractivity contribution in [2.45, 2.75) is 11.8 Å². The molecule has 2 heterocycles. The summed E-state index contributed by atoms with van der Waals surface area (Å²) in [6.07, 6.45) is 1.49. The van der Waals surface area contributed by atoms with Crippen LogP contribution in [-0.2, 0) is 19.0 Å². The summed E-state index contributed by atoms with van der Waals surface area (Å²) in [5, 5.41) is 6.41. The highest BCUT2D eigenvalue weighted by Gasteiger charge is 2.23. The first-order valence-electron chi connectivity index (χ1n) is 13.4. The Bertz CT molecular complexity index is 1470. The number of hydrogen-bond acceptors (Lipinski definition) is 11. The van der Waals surface area contributed by atoms with Crippen LogP contribution >= 0.6 is 11.6 Å². The first kappa shape index (κ1) is 31.4. The van der Waals surface area contributed by atoms with E-state index in [4.69, 9.17) is 25.3 Å². The summed E-state index contributed by atoms with van der Waals surface area (Å²) in [5.74, 6) is 1.23. The standard InChI is InChI=1S/C28H35ClN6O6S/c1-20-4-7-22(8-5-20)42(37,38)41-17-16-40-15-14-34-10-12-35(13-11-34)27(36)21-6-9-24(25(18-21)39-3)32-28-31-19-23(29)26(30-2)33-28/h4-9,18-19H,10-17H2,1-3H3,(H2,30,31,32,33). The third-order valence-electron chi connectivity index (χ3n) is 6.66. The monoisotopic (exact) mass is 618 g/mol. The fraction of sp³-hybridized carbons (Fsp3) is 0.393. The molecule has 0 atom stereocenters. The Morgan fingerprint density at radius 3 is 2.48 bits per heavy atom. The second kappa shape index (κ2) is 14.6. The largest absolute Gasteiger partial charge is 0.495 e. The molecule has 2 aromatic carbocycles. The van der Waals surface area contributed by atoms with Gasteiger partial charge in [0.25, 0.3) is 16.0 Å². The van der Waals surface area contributed by atoms with E-state index in [9.17, 15) is 13.2 Å². The molecule has 2 N–H and O–H groups in total. The SMILES string of the molecule is CNc1nc(Nc2ccc(C(=O)N3CCN(CCOCCOS(=O)(=O)c4ccc(C)cc4)CC3)cc2OC)ncc1Cl. The van der Waals surface area contributed by atoms with Gasteiger partial charge < -0.3 is 25.0 Å². The molecule has 1 saturated heterocycles. The van der Waals surface area contributed by atoms with Crippen LogP contribution in [0, 0.1) is 6.92 Å². The minimum atomic E-state index is -3.80. The molecular formula is C28H35ClN6O6S. The predicted octanol–water partition coefficient (Wildman–Crippen LogP) is 3.41. The Morgan fingerprint density at radius 2 is 1.79 bits per heavy atom. The molecule has 0 saturated carbocycles. The van der Waals surface area contributed by atoms with E-state index in [0.717, 1.165) is 5.56 Å². The third-order valence-corrected chi connectivity index (χ3v) is 8.27. The molecule has 0 aliphatic carbocycles. The van der Waals surface area contributed by atoms with E-state index in [2.05, 4.69) is 25.5 Å². The quantitative estimate of drug-likeness (QED) is 0.215. The van der Waals surface area contributed by atoms with Crippen LogP contribution in [0.4, 0.5) is 17.5 Å². The van der Waals surface area contributed by atoms with E-state index in [-0.39, 0.29) is 24.0 Å². The van der Waals surface area contributed by atoms with Crippen molar-refractivity contribution in [3.05, 3.63) is 64.8 Å². The zero-order valence-electron chi connectivity index (χ0n) is 23.8. The number of amides is 1. The Kier molecular flexibility index (Phi) is 10.9. The van der Waals surface area contributed by atoms with Crippen LogP contribution in [0.5, 0.6) is 5.75 Å². The lowest BCUT2D eigenvalue weighted by Gasteiger charge is -2.34. The molecule has 1 amide bonds. The topological polar surface area (TPSA) is 135 Å². The number of hydrogen-bond donors (Lipinski definition) is 2. The second-order valence-corrected chi connectivity index (χ2v) is 11.5. The van der Waals surface area contributed by atoms with Gasteiger partial charge >= 0.3 is 0 Å². The smallest absolute Gasteiger partial charge is 0.297 e. The maximum atomic E-state index is 13.2. The normalized spacial score (nSPS) is 14.0. The number of nitrogens with zero attached hydrogens (tertiary/aromatic N) is 4. The molecule has 3 aromatic rings. The molecule has 0 spiro atoms. The Hall–Kier alpha value is -3.49. The molecule has 14 heteroatoms. The van der Waals surface area contributed by atoms with E-state index in [1.54, 1.807) is 37.4 Å². The van der Waals surface area contributed by atoms with Gasteiger partial charge in [-0.05, 0) is 37.3 Å². The van der Waals surface area contributed by atoms with Gasteiger partial charge in [-0.25, -0.2) is 4.98 Å². The summed E-state index contributed by atoms with van der Waals surface area (Å²) in [4.78, 5) is 25.8. The van der Waals surface area contributed by atoms with E-state index in [1.165, 1.54) is 25.4 Å². The third kappa shape index (κ3) is 8.29. The van der Waals surface area contributed by atoms with Gasteiger partial charge in [-0.1, -0.05) is 29.3 Å². The maximum absolute atomic E-state index is 13.2. The molecule has 0 bridgehead atoms. The lowest BCUT2D eigenvalue weighted by Crippen LogP contribution is -2.49. The highest BCUT2D eigenvalue weighted by molar-refractivity contribution is 7.86. The number of anilines is 3. The number of ether oxygens (including phenoxy) is 2. The minimum Gasteiger partial charge on any atom is -0.495 e. The predicted molar refractivity (Wildman–Crippen MR) is 160 cm³/mol. The van der Waals surface area contributed by atoms with Crippen LogP contribution in [0.25, 0.3) is 0 Å². The molecule has 0 unspecified atom stereocenters. The van der Waals surface area contributed by atoms with Crippen molar-refractivity contribution >= 4 is 45.1 Å². The van der Waals surface area contributed by atoms with Gasteiger partial charge in [-0.2, -0.15) is 13.4 Å². The molecule has 12 nitrogen and oxygen atoms in total. The molecule has 42 heavy (non-hydrogen) atoms. The molecule has 1 fully saturated rings. The molecule has 1 aliphatic rings. The van der Waals surface area contributed by atoms with Crippen molar-refractivity contribution in [1.82, 2.24) is 19.8 Å². The molecular weight excluding hydrogens is 584 g/mol. The summed E-state index contributed by atoms with van der Waals surface area (Å²) >= 11 is 6.06. The van der Waals surface area contributed by atoms with Crippen LogP contribution < -0.4 is 15.4 Å². The molecule has 4 rings (SSSR count). The lowest BCUT2D eigenvalue weighted by atomic mass is 10.1. The Labute approximate surface area is 251 Å². The van der Waals surface area contributed by atoms with Crippen LogP contribution in [0.1, 0.15) is 15.9 Å². The van der Waals surface area contributed by atoms with E-state index >= 15 is 0 Å². The summed E-state index contributed by atoms with van der Waals surface area (Å²) in [7, 11) is -0.549.